The van der Waals surface area contributed by atoms with Crippen LogP contribution < -0.4 is 5.32 Å². The fourth-order valence-corrected chi connectivity index (χ4v) is 1.32. The monoisotopic (exact) mass is 237 g/mol. The van der Waals surface area contributed by atoms with Gasteiger partial charge in [0.2, 0.25) is 0 Å². The fraction of sp³-hybridized carbons (Fsp3) is 0.333. The van der Waals surface area contributed by atoms with Crippen molar-refractivity contribution < 1.29 is 19.4 Å². The lowest BCUT2D eigenvalue weighted by Crippen LogP contribution is -2.25. The van der Waals surface area contributed by atoms with Crippen LogP contribution in [0.1, 0.15) is 25.0 Å². The van der Waals surface area contributed by atoms with Gasteiger partial charge in [0.05, 0.1) is 0 Å². The number of aromatic hydroxyl groups is 1. The van der Waals surface area contributed by atoms with E-state index < -0.39 is 12.2 Å². The normalized spacial score (nSPS) is 11.6. The molecule has 0 saturated heterocycles. The first-order chi connectivity index (χ1) is 8.08. The third kappa shape index (κ3) is 3.48. The predicted molar refractivity (Wildman–Crippen MR) is 61.7 cm³/mol. The molecule has 1 amide bonds. The van der Waals surface area contributed by atoms with Gasteiger partial charge in [-0.3, -0.25) is 4.79 Å². The van der Waals surface area contributed by atoms with Crippen LogP contribution in [-0.2, 0) is 9.53 Å². The Balaban J connectivity index is 2.93. The number of Topliss-reactive ketones (excluding diaryl/α,β-unsaturated/α-hetero) is 1. The number of amides is 1. The van der Waals surface area contributed by atoms with Crippen LogP contribution in [-0.4, -0.2) is 24.0 Å². The summed E-state index contributed by atoms with van der Waals surface area (Å²) in [5.41, 5.74) is 0.540. The predicted octanol–water partition coefficient (Wildman–Crippen LogP) is 1.77. The van der Waals surface area contributed by atoms with E-state index in [1.165, 1.54) is 19.2 Å². The highest BCUT2D eigenvalue weighted by Crippen LogP contribution is 2.22. The molecule has 1 aromatic rings. The number of rotatable bonds is 4. The van der Waals surface area contributed by atoms with Crippen LogP contribution in [0, 0.1) is 0 Å². The van der Waals surface area contributed by atoms with E-state index >= 15 is 0 Å². The Labute approximate surface area is 99.4 Å². The number of benzene rings is 1. The van der Waals surface area contributed by atoms with Crippen LogP contribution in [0.4, 0.5) is 4.79 Å². The molecule has 1 rings (SSSR count). The van der Waals surface area contributed by atoms with Crippen LogP contribution in [0.5, 0.6) is 5.75 Å². The Morgan fingerprint density at radius 2 is 1.94 bits per heavy atom. The summed E-state index contributed by atoms with van der Waals surface area (Å²) in [7, 11) is 1.42. The van der Waals surface area contributed by atoms with E-state index in [9.17, 15) is 9.59 Å². The van der Waals surface area contributed by atoms with Gasteiger partial charge in [0, 0.05) is 19.0 Å². The van der Waals surface area contributed by atoms with Crippen molar-refractivity contribution in [3.05, 3.63) is 29.8 Å². The van der Waals surface area contributed by atoms with Crippen LogP contribution in [0.25, 0.3) is 0 Å². The van der Waals surface area contributed by atoms with Crippen LogP contribution in [0.15, 0.2) is 24.3 Å². The zero-order valence-electron chi connectivity index (χ0n) is 9.77. The summed E-state index contributed by atoms with van der Waals surface area (Å²) in [5, 5.41) is 11.5. The average Bonchev–Trinajstić information content (AvgIpc) is 2.36. The second-order valence-electron chi connectivity index (χ2n) is 3.45. The molecule has 0 heterocycles. The third-order valence-corrected chi connectivity index (χ3v) is 2.27. The van der Waals surface area contributed by atoms with E-state index in [-0.39, 0.29) is 18.0 Å². The maximum atomic E-state index is 11.7. The first-order valence-electron chi connectivity index (χ1n) is 5.28. The van der Waals surface area contributed by atoms with E-state index in [1.807, 2.05) is 0 Å². The minimum atomic E-state index is -0.930. The van der Waals surface area contributed by atoms with Gasteiger partial charge in [0.25, 0.3) is 0 Å². The summed E-state index contributed by atoms with van der Waals surface area (Å²) in [5.74, 6) is -0.101. The van der Waals surface area contributed by atoms with Crippen molar-refractivity contribution in [1.82, 2.24) is 5.32 Å². The number of carbonyl (C=O) groups is 2. The fourth-order valence-electron chi connectivity index (χ4n) is 1.32. The number of hydrogen-bond donors (Lipinski definition) is 2. The van der Waals surface area contributed by atoms with Crippen molar-refractivity contribution >= 4 is 11.9 Å². The molecule has 0 fully saturated rings. The van der Waals surface area contributed by atoms with Crippen LogP contribution in [0.2, 0.25) is 0 Å². The molecule has 1 aromatic carbocycles. The summed E-state index contributed by atoms with van der Waals surface area (Å²) < 4.78 is 5.00. The number of ether oxygens (including phenoxy) is 1. The van der Waals surface area contributed by atoms with Gasteiger partial charge in [-0.05, 0) is 12.1 Å². The molecule has 0 aliphatic carbocycles. The standard InChI is InChI=1S/C12H15NO4/c1-3-10(15)11(17-12(16)13-2)8-4-6-9(14)7-5-8/h4-7,11,14H,3H2,1-2H3,(H,13,16). The van der Waals surface area contributed by atoms with Gasteiger partial charge in [-0.15, -0.1) is 0 Å². The Kier molecular flexibility index (Phi) is 4.51. The Morgan fingerprint density at radius 3 is 2.41 bits per heavy atom. The SMILES string of the molecule is CCC(=O)C(OC(=O)NC)c1ccc(O)cc1. The number of phenolic OH excluding ortho intramolecular Hbond substituents is 1. The summed E-state index contributed by atoms with van der Waals surface area (Å²) in [4.78, 5) is 22.8. The van der Waals surface area contributed by atoms with Gasteiger partial charge in [-0.25, -0.2) is 4.79 Å². The van der Waals surface area contributed by atoms with Gasteiger partial charge < -0.3 is 15.2 Å². The van der Waals surface area contributed by atoms with Crippen molar-refractivity contribution in [2.24, 2.45) is 0 Å². The molecule has 1 atom stereocenters. The summed E-state index contributed by atoms with van der Waals surface area (Å²) in [6.07, 6.45) is -1.33. The lowest BCUT2D eigenvalue weighted by molar-refractivity contribution is -0.127. The molecule has 5 heteroatoms. The van der Waals surface area contributed by atoms with Crippen molar-refractivity contribution in [3.63, 3.8) is 0 Å². The maximum Gasteiger partial charge on any atom is 0.407 e. The number of ketones is 1. The van der Waals surface area contributed by atoms with Gasteiger partial charge in [0.15, 0.2) is 11.9 Å². The third-order valence-electron chi connectivity index (χ3n) is 2.27. The molecule has 0 aliphatic rings. The lowest BCUT2D eigenvalue weighted by Gasteiger charge is -2.16. The highest BCUT2D eigenvalue weighted by molar-refractivity contribution is 5.86. The average molecular weight is 237 g/mol. The smallest absolute Gasteiger partial charge is 0.407 e. The van der Waals surface area contributed by atoms with E-state index in [0.29, 0.717) is 5.56 Å². The van der Waals surface area contributed by atoms with Gasteiger partial charge in [0.1, 0.15) is 5.75 Å². The van der Waals surface area contributed by atoms with E-state index in [4.69, 9.17) is 9.84 Å². The minimum absolute atomic E-state index is 0.0939. The molecule has 5 nitrogen and oxygen atoms in total. The molecule has 17 heavy (non-hydrogen) atoms. The summed E-state index contributed by atoms with van der Waals surface area (Å²) >= 11 is 0. The maximum absolute atomic E-state index is 11.7. The van der Waals surface area contributed by atoms with Gasteiger partial charge in [-0.1, -0.05) is 19.1 Å². The molecular weight excluding hydrogens is 222 g/mol. The molecule has 92 valence electrons. The molecule has 0 bridgehead atoms. The molecule has 0 aromatic heterocycles. The van der Waals surface area contributed by atoms with Crippen molar-refractivity contribution in [2.45, 2.75) is 19.4 Å². The molecule has 1 unspecified atom stereocenters. The first-order valence-corrected chi connectivity index (χ1v) is 5.28. The molecular formula is C12H15NO4. The number of phenols is 1. The second kappa shape index (κ2) is 5.89. The Morgan fingerprint density at radius 1 is 1.35 bits per heavy atom. The highest BCUT2D eigenvalue weighted by atomic mass is 16.6. The molecule has 0 radical (unpaired) electrons. The Bertz CT molecular complexity index is 399. The zero-order chi connectivity index (χ0) is 12.8. The minimum Gasteiger partial charge on any atom is -0.508 e. The number of hydrogen-bond acceptors (Lipinski definition) is 4. The van der Waals surface area contributed by atoms with Crippen LogP contribution >= 0.6 is 0 Å². The first kappa shape index (κ1) is 13.0. The summed E-state index contributed by atoms with van der Waals surface area (Å²) in [6, 6.07) is 5.99. The topological polar surface area (TPSA) is 75.6 Å². The van der Waals surface area contributed by atoms with E-state index in [1.54, 1.807) is 19.1 Å². The van der Waals surface area contributed by atoms with E-state index in [0.717, 1.165) is 0 Å². The molecule has 0 saturated carbocycles. The Hall–Kier alpha value is -2.04. The summed E-state index contributed by atoms with van der Waals surface area (Å²) in [6.45, 7) is 1.70. The van der Waals surface area contributed by atoms with Crippen LogP contribution in [0.3, 0.4) is 0 Å². The quantitative estimate of drug-likeness (QED) is 0.836. The molecule has 2 N–H and O–H groups in total. The molecule has 0 spiro atoms. The number of alkyl carbamates (subject to hydrolysis) is 1. The number of carbonyl (C=O) groups excluding carboxylic acids is 2. The second-order valence-corrected chi connectivity index (χ2v) is 3.45. The van der Waals surface area contributed by atoms with E-state index in [2.05, 4.69) is 5.32 Å². The van der Waals surface area contributed by atoms with Crippen molar-refractivity contribution in [3.8, 4) is 5.75 Å². The lowest BCUT2D eigenvalue weighted by atomic mass is 10.0. The van der Waals surface area contributed by atoms with Crippen molar-refractivity contribution in [2.75, 3.05) is 7.05 Å². The van der Waals surface area contributed by atoms with Gasteiger partial charge in [-0.2, -0.15) is 0 Å². The van der Waals surface area contributed by atoms with Crippen molar-refractivity contribution in [1.29, 1.82) is 0 Å². The number of nitrogens with one attached hydrogen (secondary N) is 1. The zero-order valence-corrected chi connectivity index (χ0v) is 9.77. The van der Waals surface area contributed by atoms with Gasteiger partial charge >= 0.3 is 6.09 Å². The largest absolute Gasteiger partial charge is 0.508 e. The molecule has 0 aliphatic heterocycles. The highest BCUT2D eigenvalue weighted by Gasteiger charge is 2.22.